The third-order valence-corrected chi connectivity index (χ3v) is 1.98. The maximum atomic E-state index is 5.64. The zero-order chi connectivity index (χ0) is 9.19. The highest BCUT2D eigenvalue weighted by Crippen LogP contribution is 2.39. The Morgan fingerprint density at radius 1 is 1.25 bits per heavy atom. The molecule has 0 aliphatic carbocycles. The monoisotopic (exact) mass is 223 g/mol. The molecule has 0 aliphatic heterocycles. The number of ether oxygens (including phenoxy) is 1. The topological polar surface area (TPSA) is 9.23 Å². The van der Waals surface area contributed by atoms with Gasteiger partial charge in [-0.15, -0.1) is 0 Å². The van der Waals surface area contributed by atoms with Crippen LogP contribution in [0.25, 0.3) is 0 Å². The fourth-order valence-electron chi connectivity index (χ4n) is 0.762. The van der Waals surface area contributed by atoms with Gasteiger partial charge in [0, 0.05) is 5.56 Å². The fraction of sp³-hybridized carbons (Fsp3) is 0.125. The molecule has 4 heteroatoms. The minimum Gasteiger partial charge on any atom is -0.490 e. The van der Waals surface area contributed by atoms with E-state index in [1.54, 1.807) is 24.3 Å². The van der Waals surface area contributed by atoms with Gasteiger partial charge in [0.15, 0.2) is 0 Å². The summed E-state index contributed by atoms with van der Waals surface area (Å²) in [5.41, 5.74) is 0.564. The lowest BCUT2D eigenvalue weighted by Crippen LogP contribution is -1.99. The molecule has 0 amide bonds. The average molecular weight is 224 g/mol. The lowest BCUT2D eigenvalue weighted by molar-refractivity contribution is 0.472. The molecule has 0 aromatic heterocycles. The molecule has 1 aromatic carbocycles. The molecule has 0 N–H and O–H groups in total. The predicted molar refractivity (Wildman–Crippen MR) is 51.7 cm³/mol. The van der Waals surface area contributed by atoms with Crippen LogP contribution >= 0.6 is 34.8 Å². The van der Waals surface area contributed by atoms with Crippen LogP contribution in [0.3, 0.4) is 0 Å². The average Bonchev–Trinajstić information content (AvgIpc) is 2.03. The molecule has 1 aromatic rings. The van der Waals surface area contributed by atoms with E-state index >= 15 is 0 Å². The quantitative estimate of drug-likeness (QED) is 0.661. The highest BCUT2D eigenvalue weighted by molar-refractivity contribution is 6.66. The molecular formula is C8H6Cl3O. The van der Waals surface area contributed by atoms with Crippen LogP contribution in [-0.4, -0.2) is 0 Å². The molecule has 1 nitrogen and oxygen atoms in total. The summed E-state index contributed by atoms with van der Waals surface area (Å²) in [5, 5.41) is 0. The van der Waals surface area contributed by atoms with Crippen molar-refractivity contribution in [1.82, 2.24) is 0 Å². The first-order chi connectivity index (χ1) is 5.54. The lowest BCUT2D eigenvalue weighted by atomic mass is 10.2. The van der Waals surface area contributed by atoms with Gasteiger partial charge >= 0.3 is 0 Å². The molecule has 65 valence electrons. The minimum atomic E-state index is -1.41. The van der Waals surface area contributed by atoms with Gasteiger partial charge in [-0.05, 0) is 12.1 Å². The van der Waals surface area contributed by atoms with Gasteiger partial charge in [0.1, 0.15) is 12.9 Å². The number of hydrogen-bond acceptors (Lipinski definition) is 1. The van der Waals surface area contributed by atoms with Crippen LogP contribution in [0, 0.1) is 7.11 Å². The zero-order valence-corrected chi connectivity index (χ0v) is 8.33. The summed E-state index contributed by atoms with van der Waals surface area (Å²) in [6.45, 7) is 0. The summed E-state index contributed by atoms with van der Waals surface area (Å²) < 4.78 is 3.32. The number of hydrogen-bond donors (Lipinski definition) is 0. The van der Waals surface area contributed by atoms with E-state index in [0.717, 1.165) is 0 Å². The first kappa shape index (κ1) is 9.97. The van der Waals surface area contributed by atoms with Crippen molar-refractivity contribution in [3.63, 3.8) is 0 Å². The second kappa shape index (κ2) is 3.73. The van der Waals surface area contributed by atoms with E-state index in [1.165, 1.54) is 0 Å². The second-order valence-electron chi connectivity index (χ2n) is 2.17. The summed E-state index contributed by atoms with van der Waals surface area (Å²) >= 11 is 16.9. The van der Waals surface area contributed by atoms with Crippen LogP contribution in [0.5, 0.6) is 5.75 Å². The van der Waals surface area contributed by atoms with Crippen molar-refractivity contribution in [3.05, 3.63) is 36.9 Å². The molecule has 12 heavy (non-hydrogen) atoms. The van der Waals surface area contributed by atoms with E-state index in [1.807, 2.05) is 0 Å². The van der Waals surface area contributed by atoms with Crippen LogP contribution in [0.15, 0.2) is 24.3 Å². The van der Waals surface area contributed by atoms with Gasteiger partial charge in [0.05, 0.1) is 0 Å². The predicted octanol–water partition coefficient (Wildman–Crippen LogP) is 3.68. The standard InChI is InChI=1S/C8H6Cl3O/c1-12-7-4-2-3-6(5-7)8(9,10)11/h2-5H,1H2. The third kappa shape index (κ3) is 2.44. The molecule has 0 bridgehead atoms. The molecule has 0 aliphatic rings. The SMILES string of the molecule is [CH2]Oc1cccc(C(Cl)(Cl)Cl)c1. The Labute approximate surface area is 86.2 Å². The van der Waals surface area contributed by atoms with Gasteiger partial charge in [-0.1, -0.05) is 46.9 Å². The normalized spacial score (nSPS) is 11.3. The highest BCUT2D eigenvalue weighted by Gasteiger charge is 2.22. The maximum Gasteiger partial charge on any atom is 0.216 e. The molecule has 0 saturated carbocycles. The molecule has 1 radical (unpaired) electrons. The van der Waals surface area contributed by atoms with E-state index in [4.69, 9.17) is 39.5 Å². The Morgan fingerprint density at radius 2 is 1.92 bits per heavy atom. The zero-order valence-electron chi connectivity index (χ0n) is 6.06. The number of alkyl halides is 3. The Morgan fingerprint density at radius 3 is 2.42 bits per heavy atom. The first-order valence-corrected chi connectivity index (χ1v) is 4.27. The van der Waals surface area contributed by atoms with E-state index < -0.39 is 3.79 Å². The Balaban J connectivity index is 3.02. The van der Waals surface area contributed by atoms with Gasteiger partial charge in [0.2, 0.25) is 3.79 Å². The summed E-state index contributed by atoms with van der Waals surface area (Å²) in [6, 6.07) is 6.79. The van der Waals surface area contributed by atoms with Gasteiger partial charge in [-0.3, -0.25) is 0 Å². The summed E-state index contributed by atoms with van der Waals surface area (Å²) in [7, 11) is 3.25. The van der Waals surface area contributed by atoms with Crippen molar-refractivity contribution in [2.45, 2.75) is 3.79 Å². The fourth-order valence-corrected chi connectivity index (χ4v) is 1.11. The van der Waals surface area contributed by atoms with E-state index in [-0.39, 0.29) is 0 Å². The van der Waals surface area contributed by atoms with Gasteiger partial charge in [-0.2, -0.15) is 0 Å². The maximum absolute atomic E-state index is 5.64. The molecule has 0 heterocycles. The van der Waals surface area contributed by atoms with Crippen LogP contribution in [0.4, 0.5) is 0 Å². The molecule has 0 spiro atoms. The highest BCUT2D eigenvalue weighted by atomic mass is 35.6. The van der Waals surface area contributed by atoms with Gasteiger partial charge in [-0.25, -0.2) is 0 Å². The molecule has 1 rings (SSSR count). The van der Waals surface area contributed by atoms with Crippen molar-refractivity contribution >= 4 is 34.8 Å². The Hall–Kier alpha value is -0.110. The minimum absolute atomic E-state index is 0.564. The summed E-state index contributed by atoms with van der Waals surface area (Å²) in [6.07, 6.45) is 0. The summed E-state index contributed by atoms with van der Waals surface area (Å²) in [5.74, 6) is 0.568. The van der Waals surface area contributed by atoms with Crippen molar-refractivity contribution in [1.29, 1.82) is 0 Å². The summed E-state index contributed by atoms with van der Waals surface area (Å²) in [4.78, 5) is 0. The molecular weight excluding hydrogens is 218 g/mol. The Bertz CT molecular complexity index is 267. The van der Waals surface area contributed by atoms with Crippen molar-refractivity contribution < 1.29 is 4.74 Å². The van der Waals surface area contributed by atoms with Gasteiger partial charge in [0.25, 0.3) is 0 Å². The molecule has 0 saturated heterocycles. The number of halogens is 3. The van der Waals surface area contributed by atoms with E-state index in [0.29, 0.717) is 11.3 Å². The lowest BCUT2D eigenvalue weighted by Gasteiger charge is -2.11. The van der Waals surface area contributed by atoms with Crippen molar-refractivity contribution in [2.75, 3.05) is 0 Å². The van der Waals surface area contributed by atoms with Gasteiger partial charge < -0.3 is 4.74 Å². The van der Waals surface area contributed by atoms with Crippen LogP contribution in [-0.2, 0) is 3.79 Å². The van der Waals surface area contributed by atoms with E-state index in [2.05, 4.69) is 7.11 Å². The van der Waals surface area contributed by atoms with Crippen LogP contribution in [0.1, 0.15) is 5.56 Å². The Kier molecular flexibility index (Phi) is 3.10. The smallest absolute Gasteiger partial charge is 0.216 e. The first-order valence-electron chi connectivity index (χ1n) is 3.13. The third-order valence-electron chi connectivity index (χ3n) is 1.33. The van der Waals surface area contributed by atoms with Crippen LogP contribution < -0.4 is 4.74 Å². The number of rotatable bonds is 1. The number of benzene rings is 1. The van der Waals surface area contributed by atoms with Crippen molar-refractivity contribution in [3.8, 4) is 5.75 Å². The second-order valence-corrected chi connectivity index (χ2v) is 4.45. The molecule has 0 fully saturated rings. The molecule has 0 atom stereocenters. The largest absolute Gasteiger partial charge is 0.490 e. The van der Waals surface area contributed by atoms with Crippen LogP contribution in [0.2, 0.25) is 0 Å². The van der Waals surface area contributed by atoms with Crippen molar-refractivity contribution in [2.24, 2.45) is 0 Å². The molecule has 0 unspecified atom stereocenters. The van der Waals surface area contributed by atoms with E-state index in [9.17, 15) is 0 Å².